The number of anilines is 1. The zero-order valence-corrected chi connectivity index (χ0v) is 12.0. The first kappa shape index (κ1) is 13.0. The van der Waals surface area contributed by atoms with E-state index < -0.39 is 0 Å². The van der Waals surface area contributed by atoms with E-state index in [0.29, 0.717) is 24.1 Å². The van der Waals surface area contributed by atoms with Crippen LogP contribution in [0.5, 0.6) is 5.75 Å². The first-order valence-corrected chi connectivity index (χ1v) is 7.17. The summed E-state index contributed by atoms with van der Waals surface area (Å²) in [6.07, 6.45) is 3.36. The van der Waals surface area contributed by atoms with Gasteiger partial charge in [-0.2, -0.15) is 5.10 Å². The zero-order valence-electron chi connectivity index (χ0n) is 12.0. The third kappa shape index (κ3) is 2.24. The number of fused-ring (bicyclic) bond motifs is 1. The fourth-order valence-corrected chi connectivity index (χ4v) is 2.65. The van der Waals surface area contributed by atoms with Crippen LogP contribution in [-0.4, -0.2) is 21.4 Å². The number of nitrogens with two attached hydrogens (primary N) is 1. The van der Waals surface area contributed by atoms with Crippen molar-refractivity contribution in [2.75, 3.05) is 12.3 Å². The van der Waals surface area contributed by atoms with Crippen molar-refractivity contribution in [3.63, 3.8) is 0 Å². The van der Waals surface area contributed by atoms with Crippen LogP contribution < -0.4 is 10.5 Å². The largest absolute Gasteiger partial charge is 0.492 e. The zero-order chi connectivity index (χ0) is 14.1. The van der Waals surface area contributed by atoms with Crippen LogP contribution in [0.15, 0.2) is 18.2 Å². The Kier molecular flexibility index (Phi) is 3.34. The average Bonchev–Trinajstić information content (AvgIpc) is 2.87. The monoisotopic (exact) mass is 272 g/mol. The minimum atomic E-state index is 0.431. The maximum Gasteiger partial charge on any atom is 0.181 e. The molecule has 1 atom stereocenters. The minimum absolute atomic E-state index is 0.431. The molecule has 1 aromatic carbocycles. The normalized spacial score (nSPS) is 17.8. The highest BCUT2D eigenvalue weighted by atomic mass is 16.5. The van der Waals surface area contributed by atoms with E-state index in [0.717, 1.165) is 23.6 Å². The van der Waals surface area contributed by atoms with Crippen molar-refractivity contribution in [3.05, 3.63) is 24.0 Å². The van der Waals surface area contributed by atoms with E-state index >= 15 is 0 Å². The number of rotatable bonds is 3. The number of aryl methyl sites for hydroxylation is 1. The second-order valence-electron chi connectivity index (χ2n) is 5.22. The molecule has 2 N–H and O–H groups in total. The molecule has 20 heavy (non-hydrogen) atoms. The van der Waals surface area contributed by atoms with Gasteiger partial charge in [0, 0.05) is 12.0 Å². The van der Waals surface area contributed by atoms with Crippen molar-refractivity contribution in [2.24, 2.45) is 0 Å². The molecule has 2 heterocycles. The molecular weight excluding hydrogens is 252 g/mol. The van der Waals surface area contributed by atoms with E-state index in [1.807, 2.05) is 29.8 Å². The third-order valence-corrected chi connectivity index (χ3v) is 3.71. The summed E-state index contributed by atoms with van der Waals surface area (Å²) >= 11 is 0. The molecule has 3 rings (SSSR count). The van der Waals surface area contributed by atoms with Crippen molar-refractivity contribution >= 4 is 5.69 Å². The van der Waals surface area contributed by atoms with Crippen molar-refractivity contribution < 1.29 is 4.74 Å². The molecule has 0 aliphatic carbocycles. The summed E-state index contributed by atoms with van der Waals surface area (Å²) < 4.78 is 7.50. The Balaban J connectivity index is 1.95. The van der Waals surface area contributed by atoms with Gasteiger partial charge in [0.1, 0.15) is 11.6 Å². The van der Waals surface area contributed by atoms with E-state index in [-0.39, 0.29) is 0 Å². The van der Waals surface area contributed by atoms with Gasteiger partial charge in [0.2, 0.25) is 0 Å². The SMILES string of the molecule is CCOc1ccc(-c2nc3n(n2)C(C)CCC3)cc1N. The lowest BCUT2D eigenvalue weighted by molar-refractivity contribution is 0.342. The molecule has 1 aromatic heterocycles. The Bertz CT molecular complexity index is 620. The Morgan fingerprint density at radius 1 is 1.45 bits per heavy atom. The first-order chi connectivity index (χ1) is 9.69. The molecule has 1 aliphatic heterocycles. The Morgan fingerprint density at radius 2 is 2.30 bits per heavy atom. The van der Waals surface area contributed by atoms with Crippen LogP contribution in [-0.2, 0) is 6.42 Å². The molecular formula is C15H20N4O. The van der Waals surface area contributed by atoms with Crippen LogP contribution in [0.1, 0.15) is 38.6 Å². The van der Waals surface area contributed by atoms with Gasteiger partial charge < -0.3 is 10.5 Å². The van der Waals surface area contributed by atoms with Gasteiger partial charge in [-0.05, 0) is 44.9 Å². The minimum Gasteiger partial charge on any atom is -0.492 e. The van der Waals surface area contributed by atoms with Crippen molar-refractivity contribution in [1.82, 2.24) is 14.8 Å². The first-order valence-electron chi connectivity index (χ1n) is 7.17. The van der Waals surface area contributed by atoms with Crippen LogP contribution in [0, 0.1) is 0 Å². The lowest BCUT2D eigenvalue weighted by atomic mass is 10.1. The fourth-order valence-electron chi connectivity index (χ4n) is 2.65. The van der Waals surface area contributed by atoms with Gasteiger partial charge in [-0.3, -0.25) is 0 Å². The molecule has 5 heteroatoms. The number of ether oxygens (including phenoxy) is 1. The van der Waals surface area contributed by atoms with E-state index in [4.69, 9.17) is 10.5 Å². The lowest BCUT2D eigenvalue weighted by Crippen LogP contribution is -2.16. The van der Waals surface area contributed by atoms with Crippen molar-refractivity contribution in [1.29, 1.82) is 0 Å². The van der Waals surface area contributed by atoms with E-state index in [9.17, 15) is 0 Å². The molecule has 0 spiro atoms. The Labute approximate surface area is 118 Å². The number of aromatic nitrogens is 3. The lowest BCUT2D eigenvalue weighted by Gasteiger charge is -2.18. The van der Waals surface area contributed by atoms with Crippen LogP contribution in [0.4, 0.5) is 5.69 Å². The molecule has 0 saturated heterocycles. The summed E-state index contributed by atoms with van der Waals surface area (Å²) in [6.45, 7) is 4.74. The molecule has 1 aliphatic rings. The number of benzene rings is 1. The number of hydrogen-bond acceptors (Lipinski definition) is 4. The summed E-state index contributed by atoms with van der Waals surface area (Å²) in [5, 5.41) is 4.63. The van der Waals surface area contributed by atoms with E-state index in [1.165, 1.54) is 12.8 Å². The number of nitrogens with zero attached hydrogens (tertiary/aromatic N) is 3. The molecule has 1 unspecified atom stereocenters. The van der Waals surface area contributed by atoms with Crippen LogP contribution in [0.2, 0.25) is 0 Å². The highest BCUT2D eigenvalue weighted by molar-refractivity contribution is 5.66. The van der Waals surface area contributed by atoms with Gasteiger partial charge in [0.15, 0.2) is 5.82 Å². The topological polar surface area (TPSA) is 66.0 Å². The van der Waals surface area contributed by atoms with Gasteiger partial charge >= 0.3 is 0 Å². The molecule has 5 nitrogen and oxygen atoms in total. The van der Waals surface area contributed by atoms with Crippen LogP contribution >= 0.6 is 0 Å². The summed E-state index contributed by atoms with van der Waals surface area (Å²) in [7, 11) is 0. The van der Waals surface area contributed by atoms with E-state index in [2.05, 4.69) is 17.0 Å². The second-order valence-corrected chi connectivity index (χ2v) is 5.22. The Morgan fingerprint density at radius 3 is 3.00 bits per heavy atom. The van der Waals surface area contributed by atoms with Crippen LogP contribution in [0.3, 0.4) is 0 Å². The molecule has 0 amide bonds. The molecule has 0 bridgehead atoms. The highest BCUT2D eigenvalue weighted by Crippen LogP contribution is 2.29. The van der Waals surface area contributed by atoms with Gasteiger partial charge in [-0.15, -0.1) is 0 Å². The summed E-state index contributed by atoms with van der Waals surface area (Å²) in [4.78, 5) is 4.64. The van der Waals surface area contributed by atoms with Gasteiger partial charge in [-0.1, -0.05) is 0 Å². The predicted molar refractivity (Wildman–Crippen MR) is 78.7 cm³/mol. The van der Waals surface area contributed by atoms with Gasteiger partial charge in [0.05, 0.1) is 18.3 Å². The van der Waals surface area contributed by atoms with Crippen molar-refractivity contribution in [3.8, 4) is 17.1 Å². The molecule has 106 valence electrons. The molecule has 0 fully saturated rings. The van der Waals surface area contributed by atoms with E-state index in [1.54, 1.807) is 0 Å². The van der Waals surface area contributed by atoms with Gasteiger partial charge in [-0.25, -0.2) is 9.67 Å². The molecule has 2 aromatic rings. The summed E-state index contributed by atoms with van der Waals surface area (Å²) in [5.41, 5.74) is 7.58. The number of nitrogen functional groups attached to an aromatic ring is 1. The highest BCUT2D eigenvalue weighted by Gasteiger charge is 2.20. The van der Waals surface area contributed by atoms with Gasteiger partial charge in [0.25, 0.3) is 0 Å². The quantitative estimate of drug-likeness (QED) is 0.872. The molecule has 0 radical (unpaired) electrons. The third-order valence-electron chi connectivity index (χ3n) is 3.71. The van der Waals surface area contributed by atoms with Crippen molar-refractivity contribution in [2.45, 2.75) is 39.2 Å². The standard InChI is InChI=1S/C15H20N4O/c1-3-20-13-8-7-11(9-12(13)16)15-17-14-6-4-5-10(2)19(14)18-15/h7-10H,3-6,16H2,1-2H3. The summed E-state index contributed by atoms with van der Waals surface area (Å²) in [6, 6.07) is 6.17. The predicted octanol–water partition coefficient (Wildman–Crippen LogP) is 2.82. The number of hydrogen-bond donors (Lipinski definition) is 1. The summed E-state index contributed by atoms with van der Waals surface area (Å²) in [5.74, 6) is 2.54. The Hall–Kier alpha value is -2.04. The molecule has 0 saturated carbocycles. The average molecular weight is 272 g/mol. The second kappa shape index (κ2) is 5.15. The maximum absolute atomic E-state index is 6.01. The smallest absolute Gasteiger partial charge is 0.181 e. The fraction of sp³-hybridized carbons (Fsp3) is 0.467. The van der Waals surface area contributed by atoms with Crippen LogP contribution in [0.25, 0.3) is 11.4 Å². The maximum atomic E-state index is 6.01.